The van der Waals surface area contributed by atoms with E-state index in [1.807, 2.05) is 19.9 Å². The number of anilines is 2. The van der Waals surface area contributed by atoms with Crippen LogP contribution < -0.4 is 10.2 Å². The molecule has 0 radical (unpaired) electrons. The number of pyridine rings is 2. The lowest BCUT2D eigenvalue weighted by molar-refractivity contribution is -0.00546. The number of hydrogen-bond donors (Lipinski definition) is 1. The summed E-state index contributed by atoms with van der Waals surface area (Å²) in [5.74, 6) is 0.537. The van der Waals surface area contributed by atoms with Crippen LogP contribution in [0.15, 0.2) is 30.6 Å². The van der Waals surface area contributed by atoms with E-state index >= 15 is 0 Å². The van der Waals surface area contributed by atoms with Crippen LogP contribution in [-0.4, -0.2) is 41.2 Å². The zero-order chi connectivity index (χ0) is 18.7. The molecule has 2 atom stereocenters. The molecule has 0 spiro atoms. The van der Waals surface area contributed by atoms with E-state index in [-0.39, 0.29) is 18.1 Å². The Morgan fingerprint density at radius 1 is 1.27 bits per heavy atom. The minimum Gasteiger partial charge on any atom is -0.372 e. The standard InChI is InChI=1S/C19H21N5O2/c1-12-10-24(11-13(2)26-12)18-5-4-15(8-22-18)19(25)23-17-6-16(7-20)14(3)21-9-17/h4-6,8-9,12-13H,10-11H2,1-3H3,(H,23,25). The second-order valence-electron chi connectivity index (χ2n) is 6.49. The Bertz CT molecular complexity index is 834. The summed E-state index contributed by atoms with van der Waals surface area (Å²) >= 11 is 0. The number of rotatable bonds is 3. The van der Waals surface area contributed by atoms with Crippen molar-refractivity contribution in [1.29, 1.82) is 5.26 Å². The van der Waals surface area contributed by atoms with Crippen LogP contribution in [0.1, 0.15) is 35.5 Å². The van der Waals surface area contributed by atoms with Gasteiger partial charge in [-0.25, -0.2) is 4.98 Å². The van der Waals surface area contributed by atoms with E-state index in [0.29, 0.717) is 22.5 Å². The Labute approximate surface area is 152 Å². The van der Waals surface area contributed by atoms with Crippen LogP contribution in [0.3, 0.4) is 0 Å². The zero-order valence-electron chi connectivity index (χ0n) is 15.1. The summed E-state index contributed by atoms with van der Waals surface area (Å²) in [5, 5.41) is 11.8. The number of hydrogen-bond acceptors (Lipinski definition) is 6. The second-order valence-corrected chi connectivity index (χ2v) is 6.49. The van der Waals surface area contributed by atoms with Gasteiger partial charge < -0.3 is 15.0 Å². The molecule has 1 saturated heterocycles. The van der Waals surface area contributed by atoms with Crippen molar-refractivity contribution >= 4 is 17.4 Å². The topological polar surface area (TPSA) is 91.1 Å². The Kier molecular flexibility index (Phi) is 5.14. The SMILES string of the molecule is Cc1ncc(NC(=O)c2ccc(N3CC(C)OC(C)C3)nc2)cc1C#N. The van der Waals surface area contributed by atoms with Crippen molar-refractivity contribution in [2.45, 2.75) is 33.0 Å². The first-order valence-corrected chi connectivity index (χ1v) is 8.51. The van der Waals surface area contributed by atoms with Gasteiger partial charge in [0.2, 0.25) is 0 Å². The molecule has 0 bridgehead atoms. The van der Waals surface area contributed by atoms with Crippen molar-refractivity contribution in [2.75, 3.05) is 23.3 Å². The lowest BCUT2D eigenvalue weighted by Gasteiger charge is -2.36. The van der Waals surface area contributed by atoms with Gasteiger partial charge in [0.25, 0.3) is 5.91 Å². The molecule has 1 fully saturated rings. The minimum absolute atomic E-state index is 0.145. The molecule has 3 rings (SSSR count). The maximum absolute atomic E-state index is 12.4. The maximum Gasteiger partial charge on any atom is 0.257 e. The molecule has 1 aliphatic rings. The van der Waals surface area contributed by atoms with Crippen LogP contribution in [0.5, 0.6) is 0 Å². The molecule has 2 unspecified atom stereocenters. The molecule has 1 amide bonds. The molecule has 7 heteroatoms. The molecule has 1 N–H and O–H groups in total. The fourth-order valence-electron chi connectivity index (χ4n) is 2.99. The van der Waals surface area contributed by atoms with E-state index in [1.54, 1.807) is 25.3 Å². The molecule has 0 aliphatic carbocycles. The minimum atomic E-state index is -0.290. The third-order valence-corrected chi connectivity index (χ3v) is 4.22. The van der Waals surface area contributed by atoms with Crippen LogP contribution in [0.25, 0.3) is 0 Å². The largest absolute Gasteiger partial charge is 0.372 e. The Hall–Kier alpha value is -2.98. The number of aryl methyl sites for hydroxylation is 1. The number of morpholine rings is 1. The number of nitrogens with one attached hydrogen (secondary N) is 1. The zero-order valence-corrected chi connectivity index (χ0v) is 15.1. The molecule has 134 valence electrons. The summed E-state index contributed by atoms with van der Waals surface area (Å²) in [5.41, 5.74) is 2.00. The van der Waals surface area contributed by atoms with Crippen LogP contribution in [0.4, 0.5) is 11.5 Å². The summed E-state index contributed by atoms with van der Waals surface area (Å²) in [6.07, 6.45) is 3.38. The molecule has 7 nitrogen and oxygen atoms in total. The Balaban J connectivity index is 1.70. The lowest BCUT2D eigenvalue weighted by Crippen LogP contribution is -2.45. The van der Waals surface area contributed by atoms with Crippen LogP contribution in [0, 0.1) is 18.3 Å². The lowest BCUT2D eigenvalue weighted by atomic mass is 10.2. The molecule has 1 aliphatic heterocycles. The van der Waals surface area contributed by atoms with Gasteiger partial charge in [-0.15, -0.1) is 0 Å². The molecular weight excluding hydrogens is 330 g/mol. The molecular formula is C19H21N5O2. The average molecular weight is 351 g/mol. The Morgan fingerprint density at radius 2 is 2.00 bits per heavy atom. The van der Waals surface area contributed by atoms with Crippen LogP contribution >= 0.6 is 0 Å². The van der Waals surface area contributed by atoms with Gasteiger partial charge in [0.05, 0.1) is 40.9 Å². The van der Waals surface area contributed by atoms with Crippen LogP contribution in [-0.2, 0) is 4.74 Å². The fraction of sp³-hybridized carbons (Fsp3) is 0.368. The molecule has 2 aromatic rings. The number of carbonyl (C=O) groups excluding carboxylic acids is 1. The van der Waals surface area contributed by atoms with Crippen molar-refractivity contribution in [3.63, 3.8) is 0 Å². The highest BCUT2D eigenvalue weighted by Gasteiger charge is 2.23. The predicted molar refractivity (Wildman–Crippen MR) is 98.1 cm³/mol. The average Bonchev–Trinajstić information content (AvgIpc) is 2.62. The van der Waals surface area contributed by atoms with Gasteiger partial charge in [0.1, 0.15) is 11.9 Å². The third-order valence-electron chi connectivity index (χ3n) is 4.22. The summed E-state index contributed by atoms with van der Waals surface area (Å²) in [6.45, 7) is 7.37. The first-order chi connectivity index (χ1) is 12.5. The van der Waals surface area contributed by atoms with Crippen molar-refractivity contribution in [2.24, 2.45) is 0 Å². The van der Waals surface area contributed by atoms with Crippen molar-refractivity contribution < 1.29 is 9.53 Å². The molecule has 0 saturated carbocycles. The van der Waals surface area contributed by atoms with Gasteiger partial charge in [-0.1, -0.05) is 0 Å². The smallest absolute Gasteiger partial charge is 0.257 e. The van der Waals surface area contributed by atoms with E-state index in [9.17, 15) is 4.79 Å². The quantitative estimate of drug-likeness (QED) is 0.914. The molecule has 0 aromatic carbocycles. The van der Waals surface area contributed by atoms with Crippen LogP contribution in [0.2, 0.25) is 0 Å². The Morgan fingerprint density at radius 3 is 2.62 bits per heavy atom. The second kappa shape index (κ2) is 7.50. The van der Waals surface area contributed by atoms with Crippen molar-refractivity contribution in [1.82, 2.24) is 9.97 Å². The molecule has 2 aromatic heterocycles. The third kappa shape index (κ3) is 3.98. The highest BCUT2D eigenvalue weighted by atomic mass is 16.5. The fourth-order valence-corrected chi connectivity index (χ4v) is 2.99. The number of aromatic nitrogens is 2. The van der Waals surface area contributed by atoms with Gasteiger partial charge in [-0.2, -0.15) is 5.26 Å². The predicted octanol–water partition coefficient (Wildman–Crippen LogP) is 2.52. The first-order valence-electron chi connectivity index (χ1n) is 8.51. The van der Waals surface area contributed by atoms with Gasteiger partial charge in [0, 0.05) is 19.3 Å². The summed E-state index contributed by atoms with van der Waals surface area (Å²) in [4.78, 5) is 23.1. The summed E-state index contributed by atoms with van der Waals surface area (Å²) < 4.78 is 5.73. The van der Waals surface area contributed by atoms with Gasteiger partial charge in [0.15, 0.2) is 0 Å². The maximum atomic E-state index is 12.4. The first kappa shape index (κ1) is 17.8. The van der Waals surface area contributed by atoms with Gasteiger partial charge >= 0.3 is 0 Å². The van der Waals surface area contributed by atoms with E-state index in [2.05, 4.69) is 26.3 Å². The number of carbonyl (C=O) groups is 1. The number of nitrogens with zero attached hydrogens (tertiary/aromatic N) is 4. The monoisotopic (exact) mass is 351 g/mol. The highest BCUT2D eigenvalue weighted by Crippen LogP contribution is 2.19. The van der Waals surface area contributed by atoms with Crippen molar-refractivity contribution in [3.8, 4) is 6.07 Å². The van der Waals surface area contributed by atoms with Gasteiger partial charge in [-0.05, 0) is 39.0 Å². The van der Waals surface area contributed by atoms with E-state index in [1.165, 1.54) is 6.20 Å². The number of amides is 1. The summed E-state index contributed by atoms with van der Waals surface area (Å²) in [7, 11) is 0. The van der Waals surface area contributed by atoms with Crippen molar-refractivity contribution in [3.05, 3.63) is 47.4 Å². The van der Waals surface area contributed by atoms with E-state index < -0.39 is 0 Å². The van der Waals surface area contributed by atoms with E-state index in [0.717, 1.165) is 18.9 Å². The van der Waals surface area contributed by atoms with E-state index in [4.69, 9.17) is 10.00 Å². The number of nitriles is 1. The number of ether oxygens (including phenoxy) is 1. The van der Waals surface area contributed by atoms with Gasteiger partial charge in [-0.3, -0.25) is 9.78 Å². The normalized spacial score (nSPS) is 19.7. The molecule has 26 heavy (non-hydrogen) atoms. The highest BCUT2D eigenvalue weighted by molar-refractivity contribution is 6.04. The molecule has 3 heterocycles. The summed E-state index contributed by atoms with van der Waals surface area (Å²) in [6, 6.07) is 7.25.